The summed E-state index contributed by atoms with van der Waals surface area (Å²) >= 11 is 0. The van der Waals surface area contributed by atoms with Crippen LogP contribution in [0, 0.1) is 11.3 Å². The molecular formula is C22H26N8. The largest absolute Gasteiger partial charge is 0.367 e. The molecule has 8 heteroatoms. The van der Waals surface area contributed by atoms with Gasteiger partial charge in [-0.3, -0.25) is 14.6 Å². The molecule has 2 saturated heterocycles. The highest BCUT2D eigenvalue weighted by Gasteiger charge is 2.40. The van der Waals surface area contributed by atoms with E-state index in [4.69, 9.17) is 10.2 Å². The maximum absolute atomic E-state index is 8.96. The lowest BCUT2D eigenvalue weighted by atomic mass is 9.97. The van der Waals surface area contributed by atoms with Crippen LogP contribution in [0.1, 0.15) is 32.1 Å². The van der Waals surface area contributed by atoms with Crippen LogP contribution in [-0.4, -0.2) is 49.3 Å². The van der Waals surface area contributed by atoms with Crippen LogP contribution in [0.2, 0.25) is 0 Å². The molecule has 0 unspecified atom stereocenters. The summed E-state index contributed by atoms with van der Waals surface area (Å²) in [6.45, 7) is 0.897. The average molecular weight is 403 g/mol. The molecular weight excluding hydrogens is 376 g/mol. The van der Waals surface area contributed by atoms with E-state index >= 15 is 0 Å². The van der Waals surface area contributed by atoms with Crippen molar-refractivity contribution in [2.75, 3.05) is 17.2 Å². The molecule has 154 valence electrons. The molecule has 3 atom stereocenters. The topological polar surface area (TPSA) is 94.7 Å². The van der Waals surface area contributed by atoms with Gasteiger partial charge in [-0.15, -0.1) is 0 Å². The minimum absolute atomic E-state index is 0.378. The summed E-state index contributed by atoms with van der Waals surface area (Å²) in [7, 11) is 1.90. The fourth-order valence-electron chi connectivity index (χ4n) is 5.01. The van der Waals surface area contributed by atoms with Gasteiger partial charge in [0.25, 0.3) is 0 Å². The van der Waals surface area contributed by atoms with Gasteiger partial charge in [0.2, 0.25) is 0 Å². The zero-order chi connectivity index (χ0) is 20.5. The number of pyridine rings is 2. The Balaban J connectivity index is 1.39. The Kier molecular flexibility index (Phi) is 4.97. The molecule has 3 aromatic heterocycles. The van der Waals surface area contributed by atoms with Gasteiger partial charge < -0.3 is 10.6 Å². The molecule has 2 bridgehead atoms. The van der Waals surface area contributed by atoms with Gasteiger partial charge in [-0.25, -0.2) is 4.98 Å². The van der Waals surface area contributed by atoms with E-state index in [1.165, 1.54) is 12.8 Å². The second-order valence-corrected chi connectivity index (χ2v) is 8.23. The number of aromatic nitrogens is 4. The fraction of sp³-hybridized carbons (Fsp3) is 0.455. The number of nitrogens with one attached hydrogen (secondary N) is 2. The van der Waals surface area contributed by atoms with Gasteiger partial charge in [-0.05, 0) is 37.8 Å². The fourth-order valence-corrected chi connectivity index (χ4v) is 5.01. The van der Waals surface area contributed by atoms with Crippen LogP contribution in [0.5, 0.6) is 0 Å². The third kappa shape index (κ3) is 3.57. The van der Waals surface area contributed by atoms with E-state index in [1.807, 2.05) is 31.4 Å². The van der Waals surface area contributed by atoms with Crippen molar-refractivity contribution in [3.8, 4) is 6.07 Å². The number of fused-ring (bicyclic) bond motifs is 3. The molecule has 0 spiro atoms. The van der Waals surface area contributed by atoms with Crippen LogP contribution in [0.25, 0.3) is 10.9 Å². The molecule has 0 amide bonds. The first-order valence-corrected chi connectivity index (χ1v) is 10.6. The first kappa shape index (κ1) is 18.8. The third-order valence-corrected chi connectivity index (χ3v) is 6.38. The second-order valence-electron chi connectivity index (χ2n) is 8.23. The van der Waals surface area contributed by atoms with Crippen LogP contribution in [-0.2, 0) is 7.05 Å². The molecule has 2 aliphatic rings. The summed E-state index contributed by atoms with van der Waals surface area (Å²) in [5, 5.41) is 21.3. The Morgan fingerprint density at radius 2 is 2.03 bits per heavy atom. The zero-order valence-corrected chi connectivity index (χ0v) is 17.1. The number of anilines is 3. The maximum atomic E-state index is 8.96. The quantitative estimate of drug-likeness (QED) is 0.652. The van der Waals surface area contributed by atoms with Crippen molar-refractivity contribution in [2.24, 2.45) is 7.05 Å². The van der Waals surface area contributed by atoms with E-state index in [0.717, 1.165) is 47.7 Å². The van der Waals surface area contributed by atoms with E-state index in [0.29, 0.717) is 24.5 Å². The SMILES string of the molecule is Cn1nccc1Nc1cc2ncccc2c(N[C@H]2C[C@H]3CC[C@@H](C2)N3CCC#N)n1. The smallest absolute Gasteiger partial charge is 0.138 e. The molecule has 0 aromatic carbocycles. The lowest BCUT2D eigenvalue weighted by Crippen LogP contribution is -2.47. The molecule has 0 saturated carbocycles. The number of nitrogens with zero attached hydrogens (tertiary/aromatic N) is 6. The van der Waals surface area contributed by atoms with Crippen LogP contribution >= 0.6 is 0 Å². The van der Waals surface area contributed by atoms with Gasteiger partial charge in [0.1, 0.15) is 17.5 Å². The summed E-state index contributed by atoms with van der Waals surface area (Å²) in [6.07, 6.45) is 8.82. The average Bonchev–Trinajstić information content (AvgIpc) is 3.25. The number of piperidine rings is 1. The number of hydrogen-bond donors (Lipinski definition) is 2. The highest BCUT2D eigenvalue weighted by molar-refractivity contribution is 5.91. The van der Waals surface area contributed by atoms with Crippen molar-refractivity contribution in [1.82, 2.24) is 24.6 Å². The van der Waals surface area contributed by atoms with Crippen molar-refractivity contribution < 1.29 is 0 Å². The normalized spacial score (nSPS) is 23.4. The number of hydrogen-bond acceptors (Lipinski definition) is 7. The predicted molar refractivity (Wildman–Crippen MR) is 116 cm³/mol. The van der Waals surface area contributed by atoms with Crippen molar-refractivity contribution in [3.05, 3.63) is 36.7 Å². The van der Waals surface area contributed by atoms with Gasteiger partial charge in [0.15, 0.2) is 0 Å². The number of aryl methyl sites for hydroxylation is 1. The first-order valence-electron chi connectivity index (χ1n) is 10.6. The van der Waals surface area contributed by atoms with Gasteiger partial charge in [0, 0.05) is 61.9 Å². The van der Waals surface area contributed by atoms with E-state index in [2.05, 4.69) is 37.8 Å². The molecule has 8 nitrogen and oxygen atoms in total. The Hall–Kier alpha value is -3.18. The molecule has 3 aromatic rings. The molecule has 2 fully saturated rings. The highest BCUT2D eigenvalue weighted by Crippen LogP contribution is 2.37. The number of rotatable bonds is 6. The van der Waals surface area contributed by atoms with Gasteiger partial charge >= 0.3 is 0 Å². The van der Waals surface area contributed by atoms with Crippen LogP contribution in [0.15, 0.2) is 36.7 Å². The highest BCUT2D eigenvalue weighted by atomic mass is 15.3. The lowest BCUT2D eigenvalue weighted by Gasteiger charge is -2.39. The monoisotopic (exact) mass is 402 g/mol. The molecule has 2 N–H and O–H groups in total. The summed E-state index contributed by atoms with van der Waals surface area (Å²) < 4.78 is 1.78. The van der Waals surface area contributed by atoms with E-state index in [-0.39, 0.29) is 0 Å². The first-order chi connectivity index (χ1) is 14.7. The van der Waals surface area contributed by atoms with Crippen LogP contribution in [0.4, 0.5) is 17.5 Å². The van der Waals surface area contributed by atoms with Crippen LogP contribution in [0.3, 0.4) is 0 Å². The van der Waals surface area contributed by atoms with Gasteiger partial charge in [0.05, 0.1) is 17.8 Å². The van der Waals surface area contributed by atoms with Crippen LogP contribution < -0.4 is 10.6 Å². The Bertz CT molecular complexity index is 1070. The molecule has 30 heavy (non-hydrogen) atoms. The van der Waals surface area contributed by atoms with Gasteiger partial charge in [-0.1, -0.05) is 0 Å². The summed E-state index contributed by atoms with van der Waals surface area (Å²) in [5.41, 5.74) is 0.911. The Morgan fingerprint density at radius 3 is 2.77 bits per heavy atom. The zero-order valence-electron chi connectivity index (χ0n) is 17.1. The predicted octanol–water partition coefficient (Wildman–Crippen LogP) is 3.43. The Labute approximate surface area is 175 Å². The van der Waals surface area contributed by atoms with Crippen molar-refractivity contribution in [3.63, 3.8) is 0 Å². The minimum Gasteiger partial charge on any atom is -0.367 e. The maximum Gasteiger partial charge on any atom is 0.138 e. The standard InChI is InChI=1S/C22H26N8/c1-29-21(7-10-25-29)27-20-14-19-18(4-2-9-24-19)22(28-20)26-15-12-16-5-6-17(13-15)30(16)11-3-8-23/h2,4,7,9-10,14-17H,3,5-6,11-13H2,1H3,(H2,26,27,28)/t15-,16+,17-. The number of nitriles is 1. The Morgan fingerprint density at radius 1 is 1.20 bits per heavy atom. The molecule has 0 radical (unpaired) electrons. The minimum atomic E-state index is 0.378. The molecule has 5 rings (SSSR count). The lowest BCUT2D eigenvalue weighted by molar-refractivity contribution is 0.136. The summed E-state index contributed by atoms with van der Waals surface area (Å²) in [6, 6.07) is 11.7. The van der Waals surface area contributed by atoms with Crippen molar-refractivity contribution in [1.29, 1.82) is 5.26 Å². The molecule has 0 aliphatic carbocycles. The van der Waals surface area contributed by atoms with Crippen molar-refractivity contribution in [2.45, 2.75) is 50.2 Å². The third-order valence-electron chi connectivity index (χ3n) is 6.38. The van der Waals surface area contributed by atoms with E-state index in [1.54, 1.807) is 10.9 Å². The summed E-state index contributed by atoms with van der Waals surface area (Å²) in [4.78, 5) is 12.0. The molecule has 2 aliphatic heterocycles. The van der Waals surface area contributed by atoms with Gasteiger partial charge in [-0.2, -0.15) is 10.4 Å². The van der Waals surface area contributed by atoms with E-state index < -0.39 is 0 Å². The second kappa shape index (κ2) is 7.92. The molecule has 5 heterocycles. The van der Waals surface area contributed by atoms with Crippen molar-refractivity contribution >= 4 is 28.4 Å². The summed E-state index contributed by atoms with van der Waals surface area (Å²) in [5.74, 6) is 2.51. The van der Waals surface area contributed by atoms with E-state index in [9.17, 15) is 0 Å².